The number of amides is 2. The van der Waals surface area contributed by atoms with Gasteiger partial charge in [0.1, 0.15) is 6.04 Å². The summed E-state index contributed by atoms with van der Waals surface area (Å²) in [6.45, 7) is 6.41. The first-order valence-corrected chi connectivity index (χ1v) is 13.1. The fourth-order valence-corrected chi connectivity index (χ4v) is 5.69. The van der Waals surface area contributed by atoms with Gasteiger partial charge in [0.25, 0.3) is 0 Å². The second-order valence-corrected chi connectivity index (χ2v) is 9.78. The van der Waals surface area contributed by atoms with Crippen LogP contribution in [0.25, 0.3) is 0 Å². The molecule has 1 aliphatic carbocycles. The number of aryl methyl sites for hydroxylation is 1. The van der Waals surface area contributed by atoms with Crippen molar-refractivity contribution in [2.24, 2.45) is 23.7 Å². The third kappa shape index (κ3) is 5.89. The Kier molecular flexibility index (Phi) is 9.75. The number of unbranched alkanes of at least 4 members (excludes halogenated alkanes) is 3. The lowest BCUT2D eigenvalue weighted by Crippen LogP contribution is -2.44. The Morgan fingerprint density at radius 1 is 1.14 bits per heavy atom. The number of anilines is 1. The van der Waals surface area contributed by atoms with Crippen molar-refractivity contribution in [1.29, 1.82) is 0 Å². The van der Waals surface area contributed by atoms with Crippen molar-refractivity contribution < 1.29 is 24.2 Å². The number of nitrogens with zero attached hydrogens (tertiary/aromatic N) is 1. The molecule has 1 aromatic carbocycles. The number of hydrogen-bond acceptors (Lipinski definition) is 5. The first kappa shape index (κ1) is 27.2. The highest BCUT2D eigenvalue weighted by molar-refractivity contribution is 6.34. The van der Waals surface area contributed by atoms with Crippen molar-refractivity contribution in [2.45, 2.75) is 58.9 Å². The second-order valence-electron chi connectivity index (χ2n) is 9.37. The number of allylic oxidation sites excluding steroid dienone is 1. The van der Waals surface area contributed by atoms with E-state index in [0.717, 1.165) is 18.4 Å². The van der Waals surface area contributed by atoms with Crippen LogP contribution < -0.4 is 5.32 Å². The van der Waals surface area contributed by atoms with Crippen LogP contribution in [0.4, 0.5) is 5.69 Å². The first-order valence-electron chi connectivity index (χ1n) is 12.7. The van der Waals surface area contributed by atoms with Crippen LogP contribution in [0.1, 0.15) is 51.5 Å². The van der Waals surface area contributed by atoms with Gasteiger partial charge >= 0.3 is 5.97 Å². The molecule has 35 heavy (non-hydrogen) atoms. The van der Waals surface area contributed by atoms with Gasteiger partial charge in [0.05, 0.1) is 29.2 Å². The van der Waals surface area contributed by atoms with Gasteiger partial charge in [0, 0.05) is 19.1 Å². The SMILES string of the molecule is CCOC(=O)[C@H]1[C@@H]2C(=O)N(CCCCCCO)[C@H](C(=O)Nc3c(C)cccc3Cl)[C@H]2C=C[C@H]1CC. The van der Waals surface area contributed by atoms with E-state index in [1.54, 1.807) is 17.9 Å². The molecule has 2 N–H and O–H groups in total. The number of likely N-dealkylation sites (tertiary alicyclic amines) is 1. The molecule has 0 radical (unpaired) electrons. The highest BCUT2D eigenvalue weighted by Gasteiger charge is 2.57. The van der Waals surface area contributed by atoms with Gasteiger partial charge in [0.15, 0.2) is 0 Å². The number of carbonyl (C=O) groups excluding carboxylic acids is 3. The van der Waals surface area contributed by atoms with Gasteiger partial charge < -0.3 is 20.1 Å². The van der Waals surface area contributed by atoms with Crippen LogP contribution in [-0.4, -0.2) is 53.6 Å². The Balaban J connectivity index is 1.93. The highest BCUT2D eigenvalue weighted by atomic mass is 35.5. The average molecular weight is 505 g/mol. The predicted molar refractivity (Wildman–Crippen MR) is 136 cm³/mol. The minimum atomic E-state index is -0.744. The van der Waals surface area contributed by atoms with Crippen LogP contribution in [-0.2, 0) is 19.1 Å². The largest absolute Gasteiger partial charge is 0.466 e. The number of hydrogen-bond donors (Lipinski definition) is 2. The van der Waals surface area contributed by atoms with E-state index < -0.39 is 23.8 Å². The number of rotatable bonds is 11. The van der Waals surface area contributed by atoms with E-state index in [1.807, 2.05) is 38.1 Å². The van der Waals surface area contributed by atoms with Crippen LogP contribution in [0.2, 0.25) is 5.02 Å². The zero-order valence-electron chi connectivity index (χ0n) is 20.8. The number of nitrogens with one attached hydrogen (secondary N) is 1. The van der Waals surface area contributed by atoms with E-state index in [4.69, 9.17) is 21.4 Å². The van der Waals surface area contributed by atoms with Gasteiger partial charge in [-0.3, -0.25) is 14.4 Å². The fourth-order valence-electron chi connectivity index (χ4n) is 5.42. The number of fused-ring (bicyclic) bond motifs is 1. The van der Waals surface area contributed by atoms with Gasteiger partial charge in [-0.15, -0.1) is 0 Å². The topological polar surface area (TPSA) is 95.9 Å². The Hall–Kier alpha value is -2.38. The summed E-state index contributed by atoms with van der Waals surface area (Å²) in [5.41, 5.74) is 1.36. The van der Waals surface area contributed by atoms with E-state index in [9.17, 15) is 14.4 Å². The zero-order chi connectivity index (χ0) is 25.5. The minimum absolute atomic E-state index is 0.113. The summed E-state index contributed by atoms with van der Waals surface area (Å²) in [7, 11) is 0. The number of para-hydroxylation sites is 1. The number of benzene rings is 1. The Labute approximate surface area is 212 Å². The Morgan fingerprint density at radius 3 is 2.54 bits per heavy atom. The summed E-state index contributed by atoms with van der Waals surface area (Å²) in [5, 5.41) is 12.4. The number of carbonyl (C=O) groups is 3. The maximum atomic E-state index is 13.8. The molecular formula is C27H37ClN2O5. The van der Waals surface area contributed by atoms with Crippen molar-refractivity contribution >= 4 is 35.1 Å². The van der Waals surface area contributed by atoms with Gasteiger partial charge in [-0.1, -0.05) is 55.7 Å². The maximum absolute atomic E-state index is 13.8. The van der Waals surface area contributed by atoms with E-state index in [2.05, 4.69) is 5.32 Å². The van der Waals surface area contributed by atoms with E-state index >= 15 is 0 Å². The summed E-state index contributed by atoms with van der Waals surface area (Å²) in [5.74, 6) is -2.64. The van der Waals surface area contributed by atoms with Crippen molar-refractivity contribution in [3.63, 3.8) is 0 Å². The van der Waals surface area contributed by atoms with Gasteiger partial charge in [-0.2, -0.15) is 0 Å². The molecule has 192 valence electrons. The molecule has 0 spiro atoms. The van der Waals surface area contributed by atoms with Gasteiger partial charge in [0.2, 0.25) is 11.8 Å². The van der Waals surface area contributed by atoms with Crippen LogP contribution >= 0.6 is 11.6 Å². The van der Waals surface area contributed by atoms with Crippen molar-refractivity contribution in [2.75, 3.05) is 25.1 Å². The van der Waals surface area contributed by atoms with Crippen LogP contribution in [0.3, 0.4) is 0 Å². The molecule has 1 saturated heterocycles. The molecule has 8 heteroatoms. The molecule has 0 aromatic heterocycles. The molecule has 2 aliphatic rings. The van der Waals surface area contributed by atoms with Crippen LogP contribution in [0, 0.1) is 30.6 Å². The van der Waals surface area contributed by atoms with E-state index in [0.29, 0.717) is 36.5 Å². The van der Waals surface area contributed by atoms with Gasteiger partial charge in [-0.25, -0.2) is 0 Å². The molecule has 1 aromatic rings. The number of aliphatic hydroxyl groups is 1. The molecular weight excluding hydrogens is 468 g/mol. The number of aliphatic hydroxyl groups excluding tert-OH is 1. The quantitative estimate of drug-likeness (QED) is 0.265. The Bertz CT molecular complexity index is 929. The summed E-state index contributed by atoms with van der Waals surface area (Å²) < 4.78 is 5.37. The molecule has 1 aliphatic heterocycles. The highest BCUT2D eigenvalue weighted by Crippen LogP contribution is 2.45. The third-order valence-corrected chi connectivity index (χ3v) is 7.50. The molecule has 1 heterocycles. The average Bonchev–Trinajstić information content (AvgIpc) is 3.12. The summed E-state index contributed by atoms with van der Waals surface area (Å²) >= 11 is 6.36. The second kappa shape index (κ2) is 12.5. The summed E-state index contributed by atoms with van der Waals surface area (Å²) in [6.07, 6.45) is 7.74. The molecule has 0 unspecified atom stereocenters. The van der Waals surface area contributed by atoms with Crippen molar-refractivity contribution in [3.8, 4) is 0 Å². The number of esters is 1. The first-order chi connectivity index (χ1) is 16.8. The molecule has 0 bridgehead atoms. The smallest absolute Gasteiger partial charge is 0.310 e. The molecule has 2 amide bonds. The van der Waals surface area contributed by atoms with Crippen molar-refractivity contribution in [3.05, 3.63) is 40.9 Å². The number of halogens is 1. The summed E-state index contributed by atoms with van der Waals surface area (Å²) in [6, 6.07) is 4.66. The molecule has 5 atom stereocenters. The Morgan fingerprint density at radius 2 is 1.89 bits per heavy atom. The van der Waals surface area contributed by atoms with E-state index in [1.165, 1.54) is 0 Å². The molecule has 3 rings (SSSR count). The maximum Gasteiger partial charge on any atom is 0.310 e. The number of ether oxygens (including phenoxy) is 1. The molecule has 0 saturated carbocycles. The predicted octanol–water partition coefficient (Wildman–Crippen LogP) is 4.36. The molecule has 1 fully saturated rings. The van der Waals surface area contributed by atoms with Gasteiger partial charge in [-0.05, 0) is 50.7 Å². The lowest BCUT2D eigenvalue weighted by Gasteiger charge is -2.33. The summed E-state index contributed by atoms with van der Waals surface area (Å²) in [4.78, 5) is 42.1. The minimum Gasteiger partial charge on any atom is -0.466 e. The lowest BCUT2D eigenvalue weighted by molar-refractivity contribution is -0.155. The van der Waals surface area contributed by atoms with Crippen LogP contribution in [0.15, 0.2) is 30.4 Å². The third-order valence-electron chi connectivity index (χ3n) is 7.19. The standard InChI is InChI=1S/C27H37ClN2O5/c1-4-18-13-14-19-22(21(18)27(34)35-5-2)26(33)30(15-8-6-7-9-16-31)24(19)25(32)29-23-17(3)11-10-12-20(23)28/h10-14,18-19,21-22,24,31H,4-9,15-16H2,1-3H3,(H,29,32)/t18-,19+,21-,22-,24+/m1/s1. The van der Waals surface area contributed by atoms with Crippen LogP contribution in [0.5, 0.6) is 0 Å². The lowest BCUT2D eigenvalue weighted by atomic mass is 9.69. The van der Waals surface area contributed by atoms with E-state index in [-0.39, 0.29) is 36.9 Å². The monoisotopic (exact) mass is 504 g/mol. The zero-order valence-corrected chi connectivity index (χ0v) is 21.6. The normalized spacial score (nSPS) is 25.5. The fraction of sp³-hybridized carbons (Fsp3) is 0.593. The van der Waals surface area contributed by atoms with Crippen molar-refractivity contribution in [1.82, 2.24) is 4.90 Å². The molecule has 7 nitrogen and oxygen atoms in total.